The summed E-state index contributed by atoms with van der Waals surface area (Å²) >= 11 is 0. The van der Waals surface area contributed by atoms with Crippen LogP contribution in [0.3, 0.4) is 0 Å². The third-order valence-electron chi connectivity index (χ3n) is 4.77. The van der Waals surface area contributed by atoms with Gasteiger partial charge in [-0.3, -0.25) is 4.79 Å². The summed E-state index contributed by atoms with van der Waals surface area (Å²) < 4.78 is 10.5. The molecular formula is C24H20N2O4. The van der Waals surface area contributed by atoms with E-state index >= 15 is 0 Å². The van der Waals surface area contributed by atoms with E-state index in [0.717, 1.165) is 0 Å². The molecule has 0 spiro atoms. The molecule has 0 saturated heterocycles. The number of methoxy groups -OCH3 is 2. The third kappa shape index (κ3) is 3.63. The molecule has 1 aromatic heterocycles. The van der Waals surface area contributed by atoms with Gasteiger partial charge in [0.25, 0.3) is 5.56 Å². The number of hydrogen-bond acceptors (Lipinski definition) is 5. The first-order valence-corrected chi connectivity index (χ1v) is 9.32. The van der Waals surface area contributed by atoms with Crippen LogP contribution in [0.25, 0.3) is 10.9 Å². The molecule has 0 saturated carbocycles. The standard InChI is InChI=1S/C24H20N2O4/c1-29-17-10-6-9-16(13-17)25-22(15-7-4-3-5-8-15)21-23(27)19-12-11-18(30-2)14-20(19)26-24(21)28/h3-14H,1-2H3,(H2,26,27,28). The Morgan fingerprint density at radius 3 is 2.37 bits per heavy atom. The van der Waals surface area contributed by atoms with Crippen LogP contribution in [0.5, 0.6) is 17.2 Å². The first-order chi connectivity index (χ1) is 14.6. The lowest BCUT2D eigenvalue weighted by atomic mass is 10.00. The van der Waals surface area contributed by atoms with Gasteiger partial charge in [0.05, 0.1) is 31.1 Å². The molecule has 0 unspecified atom stereocenters. The number of benzene rings is 3. The second-order valence-electron chi connectivity index (χ2n) is 6.62. The van der Waals surface area contributed by atoms with Crippen LogP contribution in [-0.2, 0) is 0 Å². The SMILES string of the molecule is COc1cccc(N=C(c2ccccc2)c2c(O)c3ccc(OC)cc3[nH]c2=O)c1. The quantitative estimate of drug-likeness (QED) is 0.486. The highest BCUT2D eigenvalue weighted by atomic mass is 16.5. The Labute approximate surface area is 173 Å². The molecule has 6 nitrogen and oxygen atoms in total. The Kier molecular flexibility index (Phi) is 5.22. The Morgan fingerprint density at radius 1 is 0.900 bits per heavy atom. The van der Waals surface area contributed by atoms with Crippen molar-refractivity contribution in [2.24, 2.45) is 4.99 Å². The maximum absolute atomic E-state index is 13.0. The lowest BCUT2D eigenvalue weighted by Crippen LogP contribution is -2.19. The van der Waals surface area contributed by atoms with Crippen LogP contribution in [0.4, 0.5) is 5.69 Å². The van der Waals surface area contributed by atoms with Gasteiger partial charge in [-0.05, 0) is 24.3 Å². The van der Waals surface area contributed by atoms with Crippen LogP contribution in [-0.4, -0.2) is 30.0 Å². The Bertz CT molecular complexity index is 1290. The zero-order chi connectivity index (χ0) is 21.1. The van der Waals surface area contributed by atoms with Gasteiger partial charge in [-0.15, -0.1) is 0 Å². The maximum atomic E-state index is 13.0. The first kappa shape index (κ1) is 19.3. The molecule has 2 N–H and O–H groups in total. The van der Waals surface area contributed by atoms with Gasteiger partial charge in [-0.1, -0.05) is 36.4 Å². The second-order valence-corrected chi connectivity index (χ2v) is 6.62. The zero-order valence-corrected chi connectivity index (χ0v) is 16.5. The van der Waals surface area contributed by atoms with Gasteiger partial charge in [0.2, 0.25) is 0 Å². The van der Waals surface area contributed by atoms with Crippen molar-refractivity contribution >= 4 is 22.3 Å². The predicted octanol–water partition coefficient (Wildman–Crippen LogP) is 4.42. The number of nitrogens with one attached hydrogen (secondary N) is 1. The largest absolute Gasteiger partial charge is 0.506 e. The van der Waals surface area contributed by atoms with Gasteiger partial charge < -0.3 is 19.6 Å². The molecule has 0 radical (unpaired) electrons. The fraction of sp³-hybridized carbons (Fsp3) is 0.0833. The first-order valence-electron chi connectivity index (χ1n) is 9.32. The number of aromatic amines is 1. The van der Waals surface area contributed by atoms with E-state index < -0.39 is 5.56 Å². The molecule has 0 aliphatic carbocycles. The van der Waals surface area contributed by atoms with Crippen molar-refractivity contribution in [2.45, 2.75) is 0 Å². The van der Waals surface area contributed by atoms with Crippen LogP contribution < -0.4 is 15.0 Å². The monoisotopic (exact) mass is 400 g/mol. The number of rotatable bonds is 5. The molecule has 1 heterocycles. The van der Waals surface area contributed by atoms with Gasteiger partial charge >= 0.3 is 0 Å². The van der Waals surface area contributed by atoms with Crippen LogP contribution in [0.15, 0.2) is 82.6 Å². The maximum Gasteiger partial charge on any atom is 0.261 e. The van der Waals surface area contributed by atoms with Crippen LogP contribution >= 0.6 is 0 Å². The highest BCUT2D eigenvalue weighted by Crippen LogP contribution is 2.30. The highest BCUT2D eigenvalue weighted by Gasteiger charge is 2.19. The number of fused-ring (bicyclic) bond motifs is 1. The van der Waals surface area contributed by atoms with Gasteiger partial charge in [0.15, 0.2) is 0 Å². The molecule has 150 valence electrons. The summed E-state index contributed by atoms with van der Waals surface area (Å²) in [6.07, 6.45) is 0. The number of aliphatic imine (C=N–C) groups is 1. The van der Waals surface area contributed by atoms with Crippen LogP contribution in [0, 0.1) is 0 Å². The van der Waals surface area contributed by atoms with Crippen molar-refractivity contribution in [1.82, 2.24) is 4.98 Å². The van der Waals surface area contributed by atoms with Crippen molar-refractivity contribution in [2.75, 3.05) is 14.2 Å². The lowest BCUT2D eigenvalue weighted by molar-refractivity contribution is 0.415. The van der Waals surface area contributed by atoms with Crippen LogP contribution in [0.2, 0.25) is 0 Å². The molecule has 0 bridgehead atoms. The average Bonchev–Trinajstić information content (AvgIpc) is 2.78. The van der Waals surface area contributed by atoms with E-state index in [4.69, 9.17) is 14.5 Å². The van der Waals surface area contributed by atoms with E-state index in [9.17, 15) is 9.90 Å². The second kappa shape index (κ2) is 8.13. The number of ether oxygens (including phenoxy) is 2. The summed E-state index contributed by atoms with van der Waals surface area (Å²) in [5.74, 6) is 1.09. The normalized spacial score (nSPS) is 11.5. The van der Waals surface area contributed by atoms with E-state index in [-0.39, 0.29) is 11.3 Å². The Morgan fingerprint density at radius 2 is 1.63 bits per heavy atom. The molecule has 0 aliphatic rings. The molecule has 30 heavy (non-hydrogen) atoms. The van der Waals surface area contributed by atoms with Crippen molar-refractivity contribution < 1.29 is 14.6 Å². The summed E-state index contributed by atoms with van der Waals surface area (Å²) in [4.78, 5) is 20.6. The fourth-order valence-corrected chi connectivity index (χ4v) is 3.28. The van der Waals surface area contributed by atoms with Crippen molar-refractivity contribution in [3.05, 3.63) is 94.3 Å². The fourth-order valence-electron chi connectivity index (χ4n) is 3.28. The molecule has 4 aromatic rings. The van der Waals surface area contributed by atoms with Crippen molar-refractivity contribution in [1.29, 1.82) is 0 Å². The lowest BCUT2D eigenvalue weighted by Gasteiger charge is -2.12. The summed E-state index contributed by atoms with van der Waals surface area (Å²) in [7, 11) is 3.12. The zero-order valence-electron chi connectivity index (χ0n) is 16.5. The van der Waals surface area contributed by atoms with E-state index in [2.05, 4.69) is 4.98 Å². The number of H-pyrrole nitrogens is 1. The van der Waals surface area contributed by atoms with E-state index in [1.54, 1.807) is 38.5 Å². The average molecular weight is 400 g/mol. The summed E-state index contributed by atoms with van der Waals surface area (Å²) in [6.45, 7) is 0. The molecule has 0 amide bonds. The van der Waals surface area contributed by atoms with Crippen molar-refractivity contribution in [3.63, 3.8) is 0 Å². The minimum atomic E-state index is -0.446. The van der Waals surface area contributed by atoms with E-state index in [0.29, 0.717) is 39.4 Å². The Balaban J connectivity index is 1.99. The smallest absolute Gasteiger partial charge is 0.261 e. The topological polar surface area (TPSA) is 83.9 Å². The van der Waals surface area contributed by atoms with E-state index in [1.165, 1.54) is 0 Å². The molecule has 0 fully saturated rings. The minimum Gasteiger partial charge on any atom is -0.506 e. The molecule has 0 atom stereocenters. The Hall–Kier alpha value is -4.06. The highest BCUT2D eigenvalue weighted by molar-refractivity contribution is 6.17. The van der Waals surface area contributed by atoms with Crippen molar-refractivity contribution in [3.8, 4) is 17.2 Å². The van der Waals surface area contributed by atoms with Gasteiger partial charge in [-0.25, -0.2) is 4.99 Å². The summed E-state index contributed by atoms with van der Waals surface area (Å²) in [5.41, 5.74) is 1.80. The predicted molar refractivity (Wildman–Crippen MR) is 118 cm³/mol. The minimum absolute atomic E-state index is 0.0988. The van der Waals surface area contributed by atoms with Crippen LogP contribution in [0.1, 0.15) is 11.1 Å². The van der Waals surface area contributed by atoms with Gasteiger partial charge in [-0.2, -0.15) is 0 Å². The summed E-state index contributed by atoms with van der Waals surface area (Å²) in [5, 5.41) is 11.5. The molecule has 6 heteroatoms. The number of aromatic hydroxyl groups is 1. The molecule has 0 aliphatic heterocycles. The third-order valence-corrected chi connectivity index (χ3v) is 4.77. The van der Waals surface area contributed by atoms with E-state index in [1.807, 2.05) is 48.5 Å². The molecular weight excluding hydrogens is 380 g/mol. The molecule has 4 rings (SSSR count). The van der Waals surface area contributed by atoms with Gasteiger partial charge in [0, 0.05) is 23.1 Å². The number of aromatic nitrogens is 1. The summed E-state index contributed by atoms with van der Waals surface area (Å²) in [6, 6.07) is 21.6. The molecule has 3 aromatic carbocycles. The van der Waals surface area contributed by atoms with Gasteiger partial charge in [0.1, 0.15) is 22.8 Å². The number of pyridine rings is 1. The number of hydrogen-bond donors (Lipinski definition) is 2. The number of nitrogens with zero attached hydrogens (tertiary/aromatic N) is 1.